The summed E-state index contributed by atoms with van der Waals surface area (Å²) in [6.07, 6.45) is 2.01. The number of likely N-dealkylation sites (tertiary alicyclic amines) is 1. The molecule has 1 aliphatic heterocycles. The molecule has 0 amide bonds. The number of rotatable bonds is 6. The van der Waals surface area contributed by atoms with Crippen LogP contribution in [0.1, 0.15) is 24.0 Å². The lowest BCUT2D eigenvalue weighted by atomic mass is 10.1. The summed E-state index contributed by atoms with van der Waals surface area (Å²) in [6.45, 7) is 3.11. The van der Waals surface area contributed by atoms with Crippen molar-refractivity contribution in [3.63, 3.8) is 0 Å². The van der Waals surface area contributed by atoms with Gasteiger partial charge in [-0.15, -0.1) is 0 Å². The van der Waals surface area contributed by atoms with E-state index in [1.807, 2.05) is 18.2 Å². The first-order chi connectivity index (χ1) is 9.63. The van der Waals surface area contributed by atoms with Gasteiger partial charge in [-0.3, -0.25) is 10.3 Å². The van der Waals surface area contributed by atoms with Crippen molar-refractivity contribution in [2.75, 3.05) is 26.8 Å². The van der Waals surface area contributed by atoms with E-state index in [1.165, 1.54) is 0 Å². The summed E-state index contributed by atoms with van der Waals surface area (Å²) in [4.78, 5) is 2.36. The molecule has 0 aliphatic carbocycles. The lowest BCUT2D eigenvalue weighted by Crippen LogP contribution is -2.21. The maximum absolute atomic E-state index is 9.01. The fraction of sp³-hybridized carbons (Fsp3) is 0.533. The molecular formula is C15H23N3O2. The summed E-state index contributed by atoms with van der Waals surface area (Å²) in [5, 5.41) is 16.5. The highest BCUT2D eigenvalue weighted by atomic mass is 16.5. The molecule has 0 aromatic heterocycles. The minimum absolute atomic E-state index is 0.0773. The predicted molar refractivity (Wildman–Crippen MR) is 79.1 cm³/mol. The first kappa shape index (κ1) is 14.8. The second-order valence-corrected chi connectivity index (χ2v) is 5.34. The topological polar surface area (TPSA) is 82.6 Å². The molecule has 0 spiro atoms. The Bertz CT molecular complexity index is 476. The zero-order valence-corrected chi connectivity index (χ0v) is 11.9. The number of aliphatic hydroxyl groups excluding tert-OH is 1. The van der Waals surface area contributed by atoms with Crippen LogP contribution in [-0.4, -0.2) is 42.6 Å². The Morgan fingerprint density at radius 3 is 3.00 bits per heavy atom. The van der Waals surface area contributed by atoms with Crippen LogP contribution in [0.5, 0.6) is 5.75 Å². The van der Waals surface area contributed by atoms with Crippen molar-refractivity contribution in [3.8, 4) is 5.75 Å². The van der Waals surface area contributed by atoms with Crippen LogP contribution < -0.4 is 10.5 Å². The molecular weight excluding hydrogens is 254 g/mol. The normalized spacial score (nSPS) is 19.2. The van der Waals surface area contributed by atoms with Crippen molar-refractivity contribution in [1.82, 2.24) is 4.90 Å². The molecule has 1 fully saturated rings. The number of nitrogens with zero attached hydrogens (tertiary/aromatic N) is 1. The number of benzene rings is 1. The first-order valence-electron chi connectivity index (χ1n) is 6.98. The highest BCUT2D eigenvalue weighted by molar-refractivity contribution is 5.95. The molecule has 5 nitrogen and oxygen atoms in total. The molecule has 1 aromatic rings. The van der Waals surface area contributed by atoms with E-state index in [0.29, 0.717) is 5.92 Å². The number of methoxy groups -OCH3 is 1. The smallest absolute Gasteiger partial charge is 0.123 e. The monoisotopic (exact) mass is 277 g/mol. The van der Waals surface area contributed by atoms with E-state index in [9.17, 15) is 0 Å². The number of amidine groups is 1. The van der Waals surface area contributed by atoms with E-state index in [-0.39, 0.29) is 12.4 Å². The minimum atomic E-state index is 0.0773. The van der Waals surface area contributed by atoms with Crippen molar-refractivity contribution >= 4 is 5.84 Å². The van der Waals surface area contributed by atoms with Crippen LogP contribution in [0.2, 0.25) is 0 Å². The number of hydrogen-bond acceptors (Lipinski definition) is 4. The third-order valence-electron chi connectivity index (χ3n) is 3.89. The lowest BCUT2D eigenvalue weighted by Gasteiger charge is -2.18. The van der Waals surface area contributed by atoms with Gasteiger partial charge in [-0.1, -0.05) is 0 Å². The van der Waals surface area contributed by atoms with Crippen LogP contribution in [-0.2, 0) is 6.54 Å². The second-order valence-electron chi connectivity index (χ2n) is 5.34. The third-order valence-corrected chi connectivity index (χ3v) is 3.89. The van der Waals surface area contributed by atoms with E-state index >= 15 is 0 Å². The quantitative estimate of drug-likeness (QED) is 0.539. The van der Waals surface area contributed by atoms with E-state index < -0.39 is 0 Å². The Kier molecular flexibility index (Phi) is 4.98. The van der Waals surface area contributed by atoms with Gasteiger partial charge in [0.2, 0.25) is 0 Å². The molecule has 0 saturated carbocycles. The zero-order chi connectivity index (χ0) is 14.5. The van der Waals surface area contributed by atoms with Crippen LogP contribution in [0.4, 0.5) is 0 Å². The summed E-state index contributed by atoms with van der Waals surface area (Å²) >= 11 is 0. The molecule has 1 aromatic carbocycles. The number of nitrogens with one attached hydrogen (secondary N) is 1. The summed E-state index contributed by atoms with van der Waals surface area (Å²) in [5.74, 6) is 1.50. The minimum Gasteiger partial charge on any atom is -0.496 e. The SMILES string of the molecule is COc1ccc(C(=N)N)cc1CN1CCC(CCO)C1. The standard InChI is InChI=1S/C15H23N3O2/c1-20-14-3-2-12(15(16)17)8-13(14)10-18-6-4-11(9-18)5-7-19/h2-3,8,11,19H,4-7,9-10H2,1H3,(H3,16,17). The fourth-order valence-corrected chi connectivity index (χ4v) is 2.79. The second kappa shape index (κ2) is 6.72. The van der Waals surface area contributed by atoms with Crippen LogP contribution in [0, 0.1) is 11.3 Å². The van der Waals surface area contributed by atoms with Gasteiger partial charge in [-0.2, -0.15) is 0 Å². The van der Waals surface area contributed by atoms with Crippen LogP contribution >= 0.6 is 0 Å². The molecule has 4 N–H and O–H groups in total. The van der Waals surface area contributed by atoms with Gasteiger partial charge in [0.1, 0.15) is 11.6 Å². The van der Waals surface area contributed by atoms with Gasteiger partial charge < -0.3 is 15.6 Å². The molecule has 5 heteroatoms. The highest BCUT2D eigenvalue weighted by Gasteiger charge is 2.22. The Balaban J connectivity index is 2.08. The molecule has 20 heavy (non-hydrogen) atoms. The lowest BCUT2D eigenvalue weighted by molar-refractivity contribution is 0.248. The van der Waals surface area contributed by atoms with E-state index in [1.54, 1.807) is 7.11 Å². The Morgan fingerprint density at radius 1 is 1.55 bits per heavy atom. The van der Waals surface area contributed by atoms with Crippen LogP contribution in [0.3, 0.4) is 0 Å². The largest absolute Gasteiger partial charge is 0.496 e. The third kappa shape index (κ3) is 3.49. The van der Waals surface area contributed by atoms with Crippen LogP contribution in [0.15, 0.2) is 18.2 Å². The van der Waals surface area contributed by atoms with Crippen molar-refractivity contribution in [3.05, 3.63) is 29.3 Å². The molecule has 1 aliphatic rings. The fourth-order valence-electron chi connectivity index (χ4n) is 2.79. The number of ether oxygens (including phenoxy) is 1. The molecule has 0 bridgehead atoms. The Morgan fingerprint density at radius 2 is 2.35 bits per heavy atom. The highest BCUT2D eigenvalue weighted by Crippen LogP contribution is 2.26. The van der Waals surface area contributed by atoms with Gasteiger partial charge in [0.05, 0.1) is 7.11 Å². The summed E-state index contributed by atoms with van der Waals surface area (Å²) < 4.78 is 5.39. The Labute approximate surface area is 119 Å². The summed E-state index contributed by atoms with van der Waals surface area (Å²) in [7, 11) is 1.66. The maximum Gasteiger partial charge on any atom is 0.123 e. The summed E-state index contributed by atoms with van der Waals surface area (Å²) in [6, 6.07) is 5.61. The van der Waals surface area contributed by atoms with Gasteiger partial charge in [-0.05, 0) is 43.5 Å². The van der Waals surface area contributed by atoms with Gasteiger partial charge in [-0.25, -0.2) is 0 Å². The summed E-state index contributed by atoms with van der Waals surface area (Å²) in [5.41, 5.74) is 7.33. The van der Waals surface area contributed by atoms with Crippen LogP contribution in [0.25, 0.3) is 0 Å². The molecule has 1 heterocycles. The molecule has 1 unspecified atom stereocenters. The molecule has 1 atom stereocenters. The molecule has 0 radical (unpaired) electrons. The van der Waals surface area contributed by atoms with E-state index in [0.717, 1.165) is 49.4 Å². The number of aliphatic hydroxyl groups is 1. The van der Waals surface area contributed by atoms with Crippen molar-refractivity contribution < 1.29 is 9.84 Å². The number of nitrogens with two attached hydrogens (primary N) is 1. The van der Waals surface area contributed by atoms with Crippen molar-refractivity contribution in [2.45, 2.75) is 19.4 Å². The average Bonchev–Trinajstić information content (AvgIpc) is 2.86. The predicted octanol–water partition coefficient (Wildman–Crippen LogP) is 1.18. The van der Waals surface area contributed by atoms with Gasteiger partial charge in [0.15, 0.2) is 0 Å². The van der Waals surface area contributed by atoms with Gasteiger partial charge in [0.25, 0.3) is 0 Å². The maximum atomic E-state index is 9.01. The van der Waals surface area contributed by atoms with E-state index in [2.05, 4.69) is 4.90 Å². The average molecular weight is 277 g/mol. The van der Waals surface area contributed by atoms with Gasteiger partial charge >= 0.3 is 0 Å². The first-order valence-corrected chi connectivity index (χ1v) is 6.98. The Hall–Kier alpha value is -1.59. The molecule has 110 valence electrons. The number of nitrogen functional groups attached to an aromatic ring is 1. The molecule has 2 rings (SSSR count). The van der Waals surface area contributed by atoms with Crippen molar-refractivity contribution in [1.29, 1.82) is 5.41 Å². The van der Waals surface area contributed by atoms with E-state index in [4.69, 9.17) is 21.0 Å². The zero-order valence-electron chi connectivity index (χ0n) is 11.9. The number of hydrogen-bond donors (Lipinski definition) is 3. The van der Waals surface area contributed by atoms with Gasteiger partial charge in [0, 0.05) is 30.8 Å². The molecule has 1 saturated heterocycles. The van der Waals surface area contributed by atoms with Crippen molar-refractivity contribution in [2.24, 2.45) is 11.7 Å².